The predicted octanol–water partition coefficient (Wildman–Crippen LogP) is 1.60. The summed E-state index contributed by atoms with van der Waals surface area (Å²) in [6.45, 7) is 2.57. The summed E-state index contributed by atoms with van der Waals surface area (Å²) in [6, 6.07) is 2.07. The van der Waals surface area contributed by atoms with Gasteiger partial charge in [0.2, 0.25) is 5.91 Å². The number of amides is 1. The molecule has 1 spiro atoms. The van der Waals surface area contributed by atoms with Gasteiger partial charge in [-0.2, -0.15) is 13.2 Å². The number of carbonyl (C=O) groups is 1. The number of aliphatic hydroxyl groups is 1. The molecule has 2 aliphatic rings. The van der Waals surface area contributed by atoms with E-state index in [1.165, 1.54) is 6.20 Å². The van der Waals surface area contributed by atoms with Crippen molar-refractivity contribution in [3.63, 3.8) is 0 Å². The van der Waals surface area contributed by atoms with Crippen LogP contribution in [-0.4, -0.2) is 77.7 Å². The normalized spacial score (nSPS) is 25.1. The molecule has 9 heteroatoms. The Morgan fingerprint density at radius 3 is 2.74 bits per heavy atom. The molecule has 0 unspecified atom stereocenters. The lowest BCUT2D eigenvalue weighted by Crippen LogP contribution is -2.61. The maximum Gasteiger partial charge on any atom is 0.416 e. The van der Waals surface area contributed by atoms with Crippen LogP contribution in [0.2, 0.25) is 0 Å². The van der Waals surface area contributed by atoms with Gasteiger partial charge in [0, 0.05) is 50.9 Å². The number of nitrogens with zero attached hydrogens (tertiary/aromatic N) is 4. The van der Waals surface area contributed by atoms with Gasteiger partial charge < -0.3 is 14.9 Å². The first-order valence-corrected chi connectivity index (χ1v) is 9.13. The van der Waals surface area contributed by atoms with E-state index in [-0.39, 0.29) is 18.1 Å². The molecule has 1 aromatic heterocycles. The van der Waals surface area contributed by atoms with Crippen LogP contribution < -0.4 is 4.90 Å². The molecular formula is C18H25F3N4O2. The molecule has 2 saturated heterocycles. The van der Waals surface area contributed by atoms with Crippen molar-refractivity contribution in [1.29, 1.82) is 0 Å². The monoisotopic (exact) mass is 386 g/mol. The fraction of sp³-hybridized carbons (Fsp3) is 0.667. The van der Waals surface area contributed by atoms with Crippen molar-refractivity contribution in [2.24, 2.45) is 0 Å². The number of halogens is 3. The van der Waals surface area contributed by atoms with E-state index in [2.05, 4.69) is 9.88 Å². The maximum absolute atomic E-state index is 13.0. The van der Waals surface area contributed by atoms with Crippen molar-refractivity contribution in [1.82, 2.24) is 14.8 Å². The van der Waals surface area contributed by atoms with Crippen LogP contribution in [0.15, 0.2) is 18.3 Å². The Bertz CT molecular complexity index is 685. The molecule has 0 saturated carbocycles. The molecule has 1 amide bonds. The standard InChI is InChI=1S/C18H25F3N4O2/c1-23-8-9-25(15-12-14(3-6-22-15)18(19,20)21)13-17(23)4-2-16(27)24(7-5-17)10-11-26/h3,6,12,26H,2,4-5,7-11,13H2,1H3/t17-/m0/s1. The second-order valence-electron chi connectivity index (χ2n) is 7.32. The molecule has 6 nitrogen and oxygen atoms in total. The van der Waals surface area contributed by atoms with Crippen molar-refractivity contribution >= 4 is 11.7 Å². The number of hydrogen-bond donors (Lipinski definition) is 1. The molecule has 0 radical (unpaired) electrons. The third-order valence-corrected chi connectivity index (χ3v) is 5.77. The number of likely N-dealkylation sites (tertiary alicyclic amines) is 1. The average molecular weight is 386 g/mol. The van der Waals surface area contributed by atoms with Crippen molar-refractivity contribution in [3.8, 4) is 0 Å². The first-order chi connectivity index (χ1) is 12.7. The van der Waals surface area contributed by atoms with Crippen LogP contribution in [-0.2, 0) is 11.0 Å². The van der Waals surface area contributed by atoms with E-state index in [1.807, 2.05) is 11.9 Å². The van der Waals surface area contributed by atoms with Crippen molar-refractivity contribution in [2.75, 3.05) is 51.3 Å². The van der Waals surface area contributed by atoms with Gasteiger partial charge in [0.05, 0.1) is 12.2 Å². The number of anilines is 1. The van der Waals surface area contributed by atoms with E-state index in [1.54, 1.807) is 4.90 Å². The number of aliphatic hydroxyl groups excluding tert-OH is 1. The average Bonchev–Trinajstić information content (AvgIpc) is 2.78. The molecule has 150 valence electrons. The van der Waals surface area contributed by atoms with Gasteiger partial charge in [-0.1, -0.05) is 0 Å². The smallest absolute Gasteiger partial charge is 0.395 e. The van der Waals surface area contributed by atoms with Crippen molar-refractivity contribution < 1.29 is 23.1 Å². The molecule has 1 aromatic rings. The van der Waals surface area contributed by atoms with Crippen LogP contribution in [0.3, 0.4) is 0 Å². The fourth-order valence-corrected chi connectivity index (χ4v) is 4.01. The molecular weight excluding hydrogens is 361 g/mol. The topological polar surface area (TPSA) is 59.9 Å². The number of likely N-dealkylation sites (N-methyl/N-ethyl adjacent to an activating group) is 1. The highest BCUT2D eigenvalue weighted by molar-refractivity contribution is 5.76. The zero-order valence-corrected chi connectivity index (χ0v) is 15.4. The zero-order valence-electron chi connectivity index (χ0n) is 15.4. The second kappa shape index (κ2) is 7.63. The number of carbonyl (C=O) groups excluding carboxylic acids is 1. The van der Waals surface area contributed by atoms with Gasteiger partial charge in [0.15, 0.2) is 0 Å². The summed E-state index contributed by atoms with van der Waals surface area (Å²) in [6.07, 6.45) is -1.48. The summed E-state index contributed by atoms with van der Waals surface area (Å²) in [5, 5.41) is 9.15. The molecule has 1 atom stereocenters. The quantitative estimate of drug-likeness (QED) is 0.855. The highest BCUT2D eigenvalue weighted by Crippen LogP contribution is 2.35. The first-order valence-electron chi connectivity index (χ1n) is 9.13. The Morgan fingerprint density at radius 2 is 2.04 bits per heavy atom. The van der Waals surface area contributed by atoms with E-state index in [4.69, 9.17) is 5.11 Å². The number of alkyl halides is 3. The van der Waals surface area contributed by atoms with Gasteiger partial charge in [-0.25, -0.2) is 4.98 Å². The molecule has 27 heavy (non-hydrogen) atoms. The van der Waals surface area contributed by atoms with Gasteiger partial charge in [-0.3, -0.25) is 9.69 Å². The minimum Gasteiger partial charge on any atom is -0.395 e. The van der Waals surface area contributed by atoms with Gasteiger partial charge in [0.25, 0.3) is 0 Å². The van der Waals surface area contributed by atoms with E-state index >= 15 is 0 Å². The van der Waals surface area contributed by atoms with Gasteiger partial charge >= 0.3 is 6.18 Å². The highest BCUT2D eigenvalue weighted by atomic mass is 19.4. The van der Waals surface area contributed by atoms with Gasteiger partial charge in [-0.05, 0) is 32.0 Å². The predicted molar refractivity (Wildman–Crippen MR) is 94.3 cm³/mol. The molecule has 0 bridgehead atoms. The lowest BCUT2D eigenvalue weighted by atomic mass is 9.86. The summed E-state index contributed by atoms with van der Waals surface area (Å²) in [7, 11) is 2.00. The number of piperazine rings is 1. The van der Waals surface area contributed by atoms with Crippen molar-refractivity contribution in [3.05, 3.63) is 23.9 Å². The van der Waals surface area contributed by atoms with E-state index < -0.39 is 11.7 Å². The van der Waals surface area contributed by atoms with Crippen LogP contribution >= 0.6 is 0 Å². The zero-order chi connectivity index (χ0) is 19.7. The lowest BCUT2D eigenvalue weighted by molar-refractivity contribution is -0.137. The Kier molecular flexibility index (Phi) is 5.62. The lowest BCUT2D eigenvalue weighted by Gasteiger charge is -2.49. The summed E-state index contributed by atoms with van der Waals surface area (Å²) >= 11 is 0. The number of hydrogen-bond acceptors (Lipinski definition) is 5. The van der Waals surface area contributed by atoms with E-state index in [9.17, 15) is 18.0 Å². The number of rotatable bonds is 3. The van der Waals surface area contributed by atoms with E-state index in [0.29, 0.717) is 57.8 Å². The Hall–Kier alpha value is -1.87. The minimum absolute atomic E-state index is 0.0173. The van der Waals surface area contributed by atoms with Crippen LogP contribution in [0.5, 0.6) is 0 Å². The molecule has 2 fully saturated rings. The third-order valence-electron chi connectivity index (χ3n) is 5.77. The fourth-order valence-electron chi connectivity index (χ4n) is 4.01. The number of aromatic nitrogens is 1. The minimum atomic E-state index is -4.40. The van der Waals surface area contributed by atoms with Crippen LogP contribution in [0.4, 0.5) is 19.0 Å². The Labute approximate surface area is 156 Å². The largest absolute Gasteiger partial charge is 0.416 e. The Balaban J connectivity index is 1.81. The highest BCUT2D eigenvalue weighted by Gasteiger charge is 2.43. The van der Waals surface area contributed by atoms with Gasteiger partial charge in [-0.15, -0.1) is 0 Å². The Morgan fingerprint density at radius 1 is 1.26 bits per heavy atom. The summed E-state index contributed by atoms with van der Waals surface area (Å²) < 4.78 is 39.1. The molecule has 0 aliphatic carbocycles. The molecule has 3 rings (SSSR count). The third kappa shape index (κ3) is 4.19. The van der Waals surface area contributed by atoms with Gasteiger partial charge in [0.1, 0.15) is 5.82 Å². The number of β-amino-alcohol motifs (C(OH)–C–C–N with tert-alkyl or cyclic N) is 1. The molecule has 0 aromatic carbocycles. The second-order valence-corrected chi connectivity index (χ2v) is 7.32. The number of pyridine rings is 1. The summed E-state index contributed by atoms with van der Waals surface area (Å²) in [4.78, 5) is 22.2. The molecule has 1 N–H and O–H groups in total. The van der Waals surface area contributed by atoms with Crippen LogP contribution in [0.1, 0.15) is 24.8 Å². The maximum atomic E-state index is 13.0. The molecule has 2 aliphatic heterocycles. The summed E-state index contributed by atoms with van der Waals surface area (Å²) in [5.74, 6) is 0.337. The van der Waals surface area contributed by atoms with Crippen LogP contribution in [0.25, 0.3) is 0 Å². The van der Waals surface area contributed by atoms with E-state index in [0.717, 1.165) is 12.1 Å². The molecule has 3 heterocycles. The first kappa shape index (κ1) is 19.9. The SMILES string of the molecule is CN1CCN(c2cc(C(F)(F)F)ccn2)C[C@@]12CCC(=O)N(CCO)CC2. The van der Waals surface area contributed by atoms with Crippen LogP contribution in [0, 0.1) is 0 Å². The summed E-state index contributed by atoms with van der Waals surface area (Å²) in [5.41, 5.74) is -1.00. The van der Waals surface area contributed by atoms with Crippen molar-refractivity contribution in [2.45, 2.75) is 31.0 Å².